The summed E-state index contributed by atoms with van der Waals surface area (Å²) in [6.45, 7) is 7.76. The molecule has 0 fully saturated rings. The zero-order valence-corrected chi connectivity index (χ0v) is 14.9. The third kappa shape index (κ3) is 6.91. The third-order valence-electron chi connectivity index (χ3n) is 3.34. The quantitative estimate of drug-likeness (QED) is 0.610. The van der Waals surface area contributed by atoms with Crippen molar-refractivity contribution in [3.63, 3.8) is 0 Å². The fourth-order valence-electron chi connectivity index (χ4n) is 2.11. The molecule has 0 aliphatic heterocycles. The summed E-state index contributed by atoms with van der Waals surface area (Å²) >= 11 is 1.49. The smallest absolute Gasteiger partial charge is 0.241 e. The normalized spacial score (nSPS) is 13.5. The molecular formula is C15H28N2O2S2. The zero-order chi connectivity index (χ0) is 15.7. The SMILES string of the molecule is CCCCCCC(C)NS(=O)(=O)c1csc(CNCC)c1. The molecule has 122 valence electrons. The first-order chi connectivity index (χ1) is 9.99. The van der Waals surface area contributed by atoms with E-state index in [1.807, 2.05) is 13.8 Å². The van der Waals surface area contributed by atoms with Gasteiger partial charge in [0.05, 0.1) is 4.90 Å². The van der Waals surface area contributed by atoms with Crippen molar-refractivity contribution in [1.82, 2.24) is 10.0 Å². The third-order valence-corrected chi connectivity index (χ3v) is 5.99. The molecule has 21 heavy (non-hydrogen) atoms. The maximum Gasteiger partial charge on any atom is 0.241 e. The molecule has 0 spiro atoms. The van der Waals surface area contributed by atoms with Gasteiger partial charge < -0.3 is 5.32 Å². The van der Waals surface area contributed by atoms with E-state index in [4.69, 9.17) is 0 Å². The summed E-state index contributed by atoms with van der Waals surface area (Å²) in [5, 5.41) is 4.93. The first kappa shape index (κ1) is 18.6. The molecule has 6 heteroatoms. The Kier molecular flexibility index (Phi) is 8.48. The first-order valence-corrected chi connectivity index (χ1v) is 10.2. The van der Waals surface area contributed by atoms with E-state index in [1.54, 1.807) is 11.4 Å². The topological polar surface area (TPSA) is 58.2 Å². The van der Waals surface area contributed by atoms with Crippen LogP contribution in [-0.4, -0.2) is 21.0 Å². The predicted octanol–water partition coefficient (Wildman–Crippen LogP) is 3.49. The van der Waals surface area contributed by atoms with Gasteiger partial charge in [0.25, 0.3) is 0 Å². The van der Waals surface area contributed by atoms with Gasteiger partial charge in [-0.1, -0.05) is 39.5 Å². The van der Waals surface area contributed by atoms with Crippen LogP contribution in [0.4, 0.5) is 0 Å². The van der Waals surface area contributed by atoms with Crippen LogP contribution in [0, 0.1) is 0 Å². The fraction of sp³-hybridized carbons (Fsp3) is 0.733. The molecule has 0 saturated carbocycles. The number of hydrogen-bond acceptors (Lipinski definition) is 4. The molecule has 0 radical (unpaired) electrons. The second kappa shape index (κ2) is 9.56. The van der Waals surface area contributed by atoms with E-state index in [1.165, 1.54) is 30.6 Å². The van der Waals surface area contributed by atoms with E-state index in [9.17, 15) is 8.42 Å². The van der Waals surface area contributed by atoms with Gasteiger partial charge in [0.15, 0.2) is 0 Å². The van der Waals surface area contributed by atoms with Crippen molar-refractivity contribution in [1.29, 1.82) is 0 Å². The van der Waals surface area contributed by atoms with Crippen LogP contribution in [0.1, 0.15) is 57.8 Å². The molecule has 1 unspecified atom stereocenters. The standard InChI is InChI=1S/C15H28N2O2S2/c1-4-6-7-8-9-13(3)17-21(18,19)15-10-14(20-12-15)11-16-5-2/h10,12-13,16-17H,4-9,11H2,1-3H3. The van der Waals surface area contributed by atoms with Crippen molar-refractivity contribution in [3.05, 3.63) is 16.3 Å². The van der Waals surface area contributed by atoms with Crippen LogP contribution >= 0.6 is 11.3 Å². The van der Waals surface area contributed by atoms with Crippen LogP contribution in [0.25, 0.3) is 0 Å². The molecule has 1 atom stereocenters. The Morgan fingerprint density at radius 1 is 1.24 bits per heavy atom. The number of nitrogens with one attached hydrogen (secondary N) is 2. The van der Waals surface area contributed by atoms with E-state index in [2.05, 4.69) is 17.0 Å². The van der Waals surface area contributed by atoms with Crippen LogP contribution in [0.2, 0.25) is 0 Å². The lowest BCUT2D eigenvalue weighted by atomic mass is 10.1. The Balaban J connectivity index is 2.50. The van der Waals surface area contributed by atoms with Gasteiger partial charge in [0.2, 0.25) is 10.0 Å². The highest BCUT2D eigenvalue weighted by Gasteiger charge is 2.18. The van der Waals surface area contributed by atoms with Gasteiger partial charge in [0, 0.05) is 22.8 Å². The molecule has 1 rings (SSSR count). The Morgan fingerprint density at radius 2 is 2.00 bits per heavy atom. The summed E-state index contributed by atoms with van der Waals surface area (Å²) in [5.41, 5.74) is 0. The van der Waals surface area contributed by atoms with E-state index < -0.39 is 10.0 Å². The van der Waals surface area contributed by atoms with Gasteiger partial charge in [0.1, 0.15) is 0 Å². The summed E-state index contributed by atoms with van der Waals surface area (Å²) in [6, 6.07) is 1.75. The van der Waals surface area contributed by atoms with Gasteiger partial charge >= 0.3 is 0 Å². The minimum atomic E-state index is -3.37. The highest BCUT2D eigenvalue weighted by atomic mass is 32.2. The Bertz CT molecular complexity index is 498. The summed E-state index contributed by atoms with van der Waals surface area (Å²) in [6.07, 6.45) is 5.57. The minimum absolute atomic E-state index is 0.0102. The summed E-state index contributed by atoms with van der Waals surface area (Å²) in [7, 11) is -3.37. The number of sulfonamides is 1. The number of rotatable bonds is 11. The average molecular weight is 333 g/mol. The molecule has 0 bridgehead atoms. The maximum atomic E-state index is 12.3. The van der Waals surface area contributed by atoms with E-state index >= 15 is 0 Å². The van der Waals surface area contributed by atoms with Gasteiger partial charge in [-0.3, -0.25) is 0 Å². The minimum Gasteiger partial charge on any atom is -0.312 e. The highest BCUT2D eigenvalue weighted by molar-refractivity contribution is 7.89. The van der Waals surface area contributed by atoms with Gasteiger partial charge in [-0.2, -0.15) is 0 Å². The van der Waals surface area contributed by atoms with Crippen molar-refractivity contribution in [2.75, 3.05) is 6.54 Å². The number of unbranched alkanes of at least 4 members (excludes halogenated alkanes) is 3. The zero-order valence-electron chi connectivity index (χ0n) is 13.3. The van der Waals surface area contributed by atoms with Crippen LogP contribution in [0.3, 0.4) is 0 Å². The van der Waals surface area contributed by atoms with E-state index in [0.29, 0.717) is 4.90 Å². The molecule has 4 nitrogen and oxygen atoms in total. The van der Waals surface area contributed by atoms with Crippen molar-refractivity contribution in [3.8, 4) is 0 Å². The average Bonchev–Trinajstić information content (AvgIpc) is 2.90. The second-order valence-corrected chi connectivity index (χ2v) is 8.11. The van der Waals surface area contributed by atoms with Gasteiger partial charge in [-0.05, 0) is 26.0 Å². The number of thiophene rings is 1. The van der Waals surface area contributed by atoms with Crippen molar-refractivity contribution >= 4 is 21.4 Å². The summed E-state index contributed by atoms with van der Waals surface area (Å²) in [5.74, 6) is 0. The molecule has 0 saturated heterocycles. The van der Waals surface area contributed by atoms with Gasteiger partial charge in [-0.15, -0.1) is 11.3 Å². The molecule has 0 aliphatic carbocycles. The van der Waals surface area contributed by atoms with Crippen LogP contribution in [-0.2, 0) is 16.6 Å². The molecule has 0 aliphatic rings. The van der Waals surface area contributed by atoms with Crippen LogP contribution < -0.4 is 10.0 Å². The lowest BCUT2D eigenvalue weighted by molar-refractivity contribution is 0.522. The maximum absolute atomic E-state index is 12.3. The van der Waals surface area contributed by atoms with E-state index in [0.717, 1.165) is 30.8 Å². The molecule has 0 aromatic carbocycles. The molecule has 1 aromatic rings. The largest absolute Gasteiger partial charge is 0.312 e. The lowest BCUT2D eigenvalue weighted by Gasteiger charge is -2.13. The molecule has 0 amide bonds. The van der Waals surface area contributed by atoms with Crippen LogP contribution in [0.5, 0.6) is 0 Å². The summed E-state index contributed by atoms with van der Waals surface area (Å²) in [4.78, 5) is 1.44. The van der Waals surface area contributed by atoms with Gasteiger partial charge in [-0.25, -0.2) is 13.1 Å². The summed E-state index contributed by atoms with van der Waals surface area (Å²) < 4.78 is 27.4. The van der Waals surface area contributed by atoms with Crippen molar-refractivity contribution in [2.45, 2.75) is 70.4 Å². The Morgan fingerprint density at radius 3 is 2.67 bits per heavy atom. The first-order valence-electron chi connectivity index (χ1n) is 7.80. The molecule has 1 aromatic heterocycles. The van der Waals surface area contributed by atoms with Crippen molar-refractivity contribution < 1.29 is 8.42 Å². The van der Waals surface area contributed by atoms with Crippen LogP contribution in [0.15, 0.2) is 16.3 Å². The Hall–Kier alpha value is -0.430. The predicted molar refractivity (Wildman–Crippen MR) is 90.2 cm³/mol. The molecule has 2 N–H and O–H groups in total. The monoisotopic (exact) mass is 332 g/mol. The number of hydrogen-bond donors (Lipinski definition) is 2. The molecule has 1 heterocycles. The fourth-order valence-corrected chi connectivity index (χ4v) is 4.63. The highest BCUT2D eigenvalue weighted by Crippen LogP contribution is 2.20. The van der Waals surface area contributed by atoms with Crippen molar-refractivity contribution in [2.24, 2.45) is 0 Å². The Labute approximate surface area is 133 Å². The lowest BCUT2D eigenvalue weighted by Crippen LogP contribution is -2.32. The second-order valence-electron chi connectivity index (χ2n) is 5.40. The molecular weight excluding hydrogens is 304 g/mol. The van der Waals surface area contributed by atoms with E-state index in [-0.39, 0.29) is 6.04 Å².